The Morgan fingerprint density at radius 3 is 2.11 bits per heavy atom. The topological polar surface area (TPSA) is 35.9 Å². The molecule has 2 atom stereocenters. The first-order valence-electron chi connectivity index (χ1n) is 13.3. The van der Waals surface area contributed by atoms with Crippen LogP contribution in [-0.4, -0.2) is 66.1 Å². The van der Waals surface area contributed by atoms with E-state index < -0.39 is 12.0 Å². The number of rotatable bonds is 9. The van der Waals surface area contributed by atoms with Gasteiger partial charge in [-0.05, 0) is 55.0 Å². The normalized spacial score (nSPS) is 20.0. The molecule has 1 heterocycles. The number of piperazine rings is 1. The molecule has 214 valence electrons. The van der Waals surface area contributed by atoms with Crippen LogP contribution in [0.2, 0.25) is 0 Å². The van der Waals surface area contributed by atoms with Crippen molar-refractivity contribution < 1.29 is 23.0 Å². The van der Waals surface area contributed by atoms with Gasteiger partial charge in [0.1, 0.15) is 5.75 Å². The summed E-state index contributed by atoms with van der Waals surface area (Å²) in [5, 5.41) is 11.6. The highest BCUT2D eigenvalue weighted by Crippen LogP contribution is 2.41. The maximum atomic E-state index is 12.8. The van der Waals surface area contributed by atoms with E-state index in [2.05, 4.69) is 45.7 Å². The third-order valence-electron chi connectivity index (χ3n) is 8.01. The van der Waals surface area contributed by atoms with Gasteiger partial charge in [-0.3, -0.25) is 0 Å². The minimum absolute atomic E-state index is 0. The minimum Gasteiger partial charge on any atom is -0.406 e. The number of hydrogen-bond donors (Lipinski definition) is 1. The second-order valence-electron chi connectivity index (χ2n) is 10.6. The van der Waals surface area contributed by atoms with Gasteiger partial charge in [0.25, 0.3) is 0 Å². The van der Waals surface area contributed by atoms with E-state index in [0.29, 0.717) is 25.3 Å². The smallest absolute Gasteiger partial charge is 0.406 e. The average Bonchev–Trinajstić information content (AvgIpc) is 2.86. The van der Waals surface area contributed by atoms with Gasteiger partial charge in [0.05, 0.1) is 5.60 Å². The molecule has 2 aromatic carbocycles. The summed E-state index contributed by atoms with van der Waals surface area (Å²) >= 11 is 0. The molecule has 0 bridgehead atoms. The number of hydrogen-bond acceptors (Lipinski definition) is 4. The summed E-state index contributed by atoms with van der Waals surface area (Å²) in [5.41, 5.74) is 1.19. The van der Waals surface area contributed by atoms with E-state index in [1.54, 1.807) is 6.07 Å². The van der Waals surface area contributed by atoms with Gasteiger partial charge in [0.15, 0.2) is 0 Å². The second kappa shape index (κ2) is 14.8. The lowest BCUT2D eigenvalue weighted by atomic mass is 9.72. The summed E-state index contributed by atoms with van der Waals surface area (Å²) in [6, 6.07) is 16.8. The summed E-state index contributed by atoms with van der Waals surface area (Å²) < 4.78 is 42.7. The zero-order chi connectivity index (χ0) is 25.6. The van der Waals surface area contributed by atoms with Crippen molar-refractivity contribution in [3.8, 4) is 5.75 Å². The Labute approximate surface area is 237 Å². The molecule has 38 heavy (non-hydrogen) atoms. The standard InChI is InChI=1S/C29H39F3N2O2.2ClH/c1-23(24-9-4-2-5-10-24)13-16-33-17-19-34(20-18-33)22-27(28(35)14-6-3-7-15-28)25-11-8-12-26(21-25)36-29(30,31)32;;/h2,4-5,8-12,21,23,27,35H,3,6-7,13-20,22H2,1H3;2*1H. The quantitative estimate of drug-likeness (QED) is 0.348. The van der Waals surface area contributed by atoms with E-state index in [4.69, 9.17) is 0 Å². The zero-order valence-electron chi connectivity index (χ0n) is 22.0. The molecule has 4 nitrogen and oxygen atoms in total. The third kappa shape index (κ3) is 9.30. The second-order valence-corrected chi connectivity index (χ2v) is 10.6. The number of benzene rings is 2. The Kier molecular flexibility index (Phi) is 12.7. The lowest BCUT2D eigenvalue weighted by molar-refractivity contribution is -0.274. The molecule has 1 aliphatic carbocycles. The first-order chi connectivity index (χ1) is 17.2. The van der Waals surface area contributed by atoms with Crippen molar-refractivity contribution >= 4 is 24.8 Å². The van der Waals surface area contributed by atoms with E-state index in [9.17, 15) is 18.3 Å². The lowest BCUT2D eigenvalue weighted by Gasteiger charge is -2.43. The maximum Gasteiger partial charge on any atom is 0.573 e. The molecule has 0 aromatic heterocycles. The average molecular weight is 578 g/mol. The molecule has 2 unspecified atom stereocenters. The van der Waals surface area contributed by atoms with E-state index in [1.165, 1.54) is 17.7 Å². The van der Waals surface area contributed by atoms with Crippen LogP contribution >= 0.6 is 24.8 Å². The Hall–Kier alpha value is -1.51. The number of halogens is 5. The summed E-state index contributed by atoms with van der Waals surface area (Å²) in [7, 11) is 0. The number of ether oxygens (including phenoxy) is 1. The Morgan fingerprint density at radius 2 is 1.47 bits per heavy atom. The fourth-order valence-corrected chi connectivity index (χ4v) is 5.80. The molecule has 2 aliphatic rings. The third-order valence-corrected chi connectivity index (χ3v) is 8.01. The Morgan fingerprint density at radius 1 is 0.868 bits per heavy atom. The highest BCUT2D eigenvalue weighted by molar-refractivity contribution is 5.85. The van der Waals surface area contributed by atoms with Crippen LogP contribution in [0.3, 0.4) is 0 Å². The van der Waals surface area contributed by atoms with Crippen LogP contribution in [0, 0.1) is 0 Å². The van der Waals surface area contributed by atoms with E-state index in [0.717, 1.165) is 64.0 Å². The Bertz CT molecular complexity index is 950. The van der Waals surface area contributed by atoms with Crippen LogP contribution < -0.4 is 4.74 Å². The molecule has 1 saturated carbocycles. The molecule has 0 radical (unpaired) electrons. The minimum atomic E-state index is -4.73. The van der Waals surface area contributed by atoms with Crippen molar-refractivity contribution in [3.63, 3.8) is 0 Å². The Balaban J connectivity index is 0.00000253. The molecular weight excluding hydrogens is 536 g/mol. The van der Waals surface area contributed by atoms with E-state index in [-0.39, 0.29) is 36.5 Å². The summed E-state index contributed by atoms with van der Waals surface area (Å²) in [5.74, 6) is 0.0429. The lowest BCUT2D eigenvalue weighted by Crippen LogP contribution is -2.51. The molecule has 1 saturated heterocycles. The zero-order valence-corrected chi connectivity index (χ0v) is 23.7. The predicted octanol–water partition coefficient (Wildman–Crippen LogP) is 7.02. The molecule has 4 rings (SSSR count). The predicted molar refractivity (Wildman–Crippen MR) is 151 cm³/mol. The van der Waals surface area contributed by atoms with Crippen molar-refractivity contribution in [2.75, 3.05) is 39.3 Å². The summed E-state index contributed by atoms with van der Waals surface area (Å²) in [6.07, 6.45) is 0.714. The van der Waals surface area contributed by atoms with Gasteiger partial charge in [0, 0.05) is 38.6 Å². The van der Waals surface area contributed by atoms with Gasteiger partial charge in [0.2, 0.25) is 0 Å². The molecule has 0 amide bonds. The molecule has 2 aromatic rings. The van der Waals surface area contributed by atoms with Gasteiger partial charge < -0.3 is 19.6 Å². The van der Waals surface area contributed by atoms with Crippen LogP contribution in [0.25, 0.3) is 0 Å². The molecule has 2 fully saturated rings. The largest absolute Gasteiger partial charge is 0.573 e. The van der Waals surface area contributed by atoms with Crippen molar-refractivity contribution in [3.05, 3.63) is 65.7 Å². The van der Waals surface area contributed by atoms with Crippen molar-refractivity contribution in [1.29, 1.82) is 0 Å². The molecule has 0 spiro atoms. The van der Waals surface area contributed by atoms with Crippen molar-refractivity contribution in [1.82, 2.24) is 9.80 Å². The van der Waals surface area contributed by atoms with Gasteiger partial charge in [-0.25, -0.2) is 0 Å². The summed E-state index contributed by atoms with van der Waals surface area (Å²) in [4.78, 5) is 4.86. The number of alkyl halides is 3. The number of nitrogens with zero attached hydrogens (tertiary/aromatic N) is 2. The van der Waals surface area contributed by atoms with Crippen molar-refractivity contribution in [2.24, 2.45) is 0 Å². The fraction of sp³-hybridized carbons (Fsp3) is 0.586. The highest BCUT2D eigenvalue weighted by Gasteiger charge is 2.40. The monoisotopic (exact) mass is 576 g/mol. The molecule has 1 aliphatic heterocycles. The van der Waals surface area contributed by atoms with Gasteiger partial charge in [-0.1, -0.05) is 68.7 Å². The van der Waals surface area contributed by atoms with Crippen LogP contribution in [-0.2, 0) is 0 Å². The molecule has 1 N–H and O–H groups in total. The highest BCUT2D eigenvalue weighted by atomic mass is 35.5. The molecular formula is C29H41Cl2F3N2O2. The fourth-order valence-electron chi connectivity index (χ4n) is 5.80. The first-order valence-corrected chi connectivity index (χ1v) is 13.3. The van der Waals surface area contributed by atoms with Gasteiger partial charge in [-0.2, -0.15) is 0 Å². The van der Waals surface area contributed by atoms with Crippen LogP contribution in [0.5, 0.6) is 5.75 Å². The SMILES string of the molecule is CC(CCN1CCN(CC(c2cccc(OC(F)(F)F)c2)C2(O)CCCCC2)CC1)c1ccccc1.Cl.Cl. The van der Waals surface area contributed by atoms with Crippen molar-refractivity contribution in [2.45, 2.75) is 69.2 Å². The number of aliphatic hydroxyl groups is 1. The van der Waals surface area contributed by atoms with Crippen LogP contribution in [0.4, 0.5) is 13.2 Å². The van der Waals surface area contributed by atoms with E-state index in [1.807, 2.05) is 12.1 Å². The summed E-state index contributed by atoms with van der Waals surface area (Å²) in [6.45, 7) is 7.68. The van der Waals surface area contributed by atoms with E-state index >= 15 is 0 Å². The van der Waals surface area contributed by atoms with Gasteiger partial charge in [-0.15, -0.1) is 38.0 Å². The van der Waals surface area contributed by atoms with Gasteiger partial charge >= 0.3 is 6.36 Å². The molecule has 9 heteroatoms. The first kappa shape index (κ1) is 32.7. The van der Waals surface area contributed by atoms with Crippen LogP contribution in [0.1, 0.15) is 68.4 Å². The maximum absolute atomic E-state index is 12.8. The van der Waals surface area contributed by atoms with Crippen LogP contribution in [0.15, 0.2) is 54.6 Å².